The summed E-state index contributed by atoms with van der Waals surface area (Å²) in [6.45, 7) is 6.19. The van der Waals surface area contributed by atoms with Crippen LogP contribution >= 0.6 is 0 Å². The molecule has 2 fully saturated rings. The van der Waals surface area contributed by atoms with Crippen LogP contribution in [0, 0.1) is 17.8 Å². The van der Waals surface area contributed by atoms with Crippen LogP contribution in [0.15, 0.2) is 0 Å². The highest BCUT2D eigenvalue weighted by Crippen LogP contribution is 2.32. The molecule has 2 nitrogen and oxygen atoms in total. The van der Waals surface area contributed by atoms with Crippen molar-refractivity contribution in [2.45, 2.75) is 70.9 Å². The van der Waals surface area contributed by atoms with Crippen molar-refractivity contribution >= 4 is 0 Å². The van der Waals surface area contributed by atoms with Gasteiger partial charge in [-0.05, 0) is 64.0 Å². The van der Waals surface area contributed by atoms with Gasteiger partial charge in [-0.25, -0.2) is 0 Å². The Morgan fingerprint density at radius 3 is 2.47 bits per heavy atom. The summed E-state index contributed by atoms with van der Waals surface area (Å²) in [5, 5.41) is 3.57. The van der Waals surface area contributed by atoms with Gasteiger partial charge in [0.25, 0.3) is 0 Å². The van der Waals surface area contributed by atoms with Crippen molar-refractivity contribution < 1.29 is 0 Å². The van der Waals surface area contributed by atoms with E-state index in [0.717, 1.165) is 29.8 Å². The van der Waals surface area contributed by atoms with E-state index in [0.29, 0.717) is 0 Å². The summed E-state index contributed by atoms with van der Waals surface area (Å²) in [5.41, 5.74) is 0. The van der Waals surface area contributed by atoms with Crippen LogP contribution < -0.4 is 5.32 Å². The monoisotopic (exact) mass is 266 g/mol. The maximum absolute atomic E-state index is 3.57. The zero-order valence-electron chi connectivity index (χ0n) is 13.5. The summed E-state index contributed by atoms with van der Waals surface area (Å²) in [7, 11) is 4.52. The molecule has 0 aromatic rings. The Balaban J connectivity index is 1.90. The lowest BCUT2D eigenvalue weighted by Gasteiger charge is -2.42. The smallest absolute Gasteiger partial charge is 0.0118 e. The Morgan fingerprint density at radius 2 is 1.79 bits per heavy atom. The van der Waals surface area contributed by atoms with Crippen LogP contribution in [0.2, 0.25) is 0 Å². The quantitative estimate of drug-likeness (QED) is 0.837. The van der Waals surface area contributed by atoms with Crippen LogP contribution in [0.25, 0.3) is 0 Å². The maximum atomic E-state index is 3.57. The lowest BCUT2D eigenvalue weighted by Crippen LogP contribution is -2.47. The second kappa shape index (κ2) is 7.08. The molecule has 5 atom stereocenters. The number of hydrogen-bond acceptors (Lipinski definition) is 2. The van der Waals surface area contributed by atoms with Gasteiger partial charge in [-0.1, -0.05) is 26.7 Å². The van der Waals surface area contributed by atoms with Gasteiger partial charge >= 0.3 is 0 Å². The fourth-order valence-electron chi connectivity index (χ4n) is 4.54. The molecular weight excluding hydrogens is 232 g/mol. The maximum Gasteiger partial charge on any atom is 0.0118 e. The van der Waals surface area contributed by atoms with Gasteiger partial charge in [-0.3, -0.25) is 0 Å². The highest BCUT2D eigenvalue weighted by atomic mass is 15.1. The lowest BCUT2D eigenvalue weighted by molar-refractivity contribution is 0.0922. The van der Waals surface area contributed by atoms with Gasteiger partial charge in [-0.15, -0.1) is 0 Å². The predicted octanol–water partition coefficient (Wildman–Crippen LogP) is 3.52. The van der Waals surface area contributed by atoms with E-state index in [-0.39, 0.29) is 0 Å². The first-order chi connectivity index (χ1) is 9.11. The van der Waals surface area contributed by atoms with E-state index in [1.807, 2.05) is 0 Å². The van der Waals surface area contributed by atoms with Gasteiger partial charge in [0.2, 0.25) is 0 Å². The van der Waals surface area contributed by atoms with E-state index < -0.39 is 0 Å². The van der Waals surface area contributed by atoms with Gasteiger partial charge < -0.3 is 10.2 Å². The van der Waals surface area contributed by atoms with E-state index >= 15 is 0 Å². The van der Waals surface area contributed by atoms with E-state index in [2.05, 4.69) is 38.2 Å². The molecule has 2 rings (SSSR count). The number of rotatable bonds is 4. The summed E-state index contributed by atoms with van der Waals surface area (Å²) < 4.78 is 0. The molecule has 2 saturated carbocycles. The van der Waals surface area contributed by atoms with E-state index in [1.165, 1.54) is 51.5 Å². The van der Waals surface area contributed by atoms with Crippen LogP contribution in [-0.2, 0) is 0 Å². The van der Waals surface area contributed by atoms with Gasteiger partial charge in [0.15, 0.2) is 0 Å². The SMILES string of the molecule is CNC1CCC(C)CC1CN(C)C1CCCCC1C. The molecule has 0 spiro atoms. The third kappa shape index (κ3) is 3.95. The summed E-state index contributed by atoms with van der Waals surface area (Å²) >= 11 is 0. The second-order valence-electron chi connectivity index (χ2n) is 7.34. The highest BCUT2D eigenvalue weighted by molar-refractivity contribution is 4.87. The first-order valence-corrected chi connectivity index (χ1v) is 8.49. The third-order valence-electron chi connectivity index (χ3n) is 5.77. The van der Waals surface area contributed by atoms with Crippen molar-refractivity contribution in [3.8, 4) is 0 Å². The van der Waals surface area contributed by atoms with Crippen LogP contribution in [0.1, 0.15) is 58.8 Å². The minimum absolute atomic E-state index is 0.748. The fraction of sp³-hybridized carbons (Fsp3) is 1.00. The molecule has 112 valence electrons. The molecule has 2 heteroatoms. The van der Waals surface area contributed by atoms with Gasteiger partial charge in [-0.2, -0.15) is 0 Å². The molecule has 0 radical (unpaired) electrons. The topological polar surface area (TPSA) is 15.3 Å². The molecule has 0 aromatic carbocycles. The molecule has 0 amide bonds. The number of hydrogen-bond donors (Lipinski definition) is 1. The van der Waals surface area contributed by atoms with Crippen molar-refractivity contribution in [2.24, 2.45) is 17.8 Å². The van der Waals surface area contributed by atoms with E-state index in [4.69, 9.17) is 0 Å². The first-order valence-electron chi connectivity index (χ1n) is 8.49. The average molecular weight is 266 g/mol. The summed E-state index contributed by atoms with van der Waals surface area (Å²) in [6.07, 6.45) is 9.94. The molecule has 0 saturated heterocycles. The van der Waals surface area contributed by atoms with Gasteiger partial charge in [0.1, 0.15) is 0 Å². The minimum Gasteiger partial charge on any atom is -0.317 e. The zero-order chi connectivity index (χ0) is 13.8. The molecule has 1 N–H and O–H groups in total. The second-order valence-corrected chi connectivity index (χ2v) is 7.34. The summed E-state index contributed by atoms with van der Waals surface area (Å²) in [6, 6.07) is 1.58. The van der Waals surface area contributed by atoms with E-state index in [1.54, 1.807) is 0 Å². The minimum atomic E-state index is 0.748. The van der Waals surface area contributed by atoms with Crippen LogP contribution in [-0.4, -0.2) is 37.6 Å². The molecule has 2 aliphatic rings. The van der Waals surface area contributed by atoms with Gasteiger partial charge in [0.05, 0.1) is 0 Å². The normalized spacial score (nSPS) is 40.6. The van der Waals surface area contributed by atoms with Crippen molar-refractivity contribution in [1.82, 2.24) is 10.2 Å². The Hall–Kier alpha value is -0.0800. The van der Waals surface area contributed by atoms with Crippen LogP contribution in [0.5, 0.6) is 0 Å². The Labute approximate surface area is 120 Å². The first kappa shape index (κ1) is 15.3. The predicted molar refractivity (Wildman–Crippen MR) is 83.4 cm³/mol. The summed E-state index contributed by atoms with van der Waals surface area (Å²) in [4.78, 5) is 2.69. The Kier molecular flexibility index (Phi) is 5.70. The zero-order valence-corrected chi connectivity index (χ0v) is 13.5. The standard InChI is InChI=1S/C17H34N2/c1-13-9-10-16(18-3)15(11-13)12-19(4)17-8-6-5-7-14(17)2/h13-18H,5-12H2,1-4H3. The Morgan fingerprint density at radius 1 is 1.05 bits per heavy atom. The molecule has 0 aromatic heterocycles. The number of nitrogens with zero attached hydrogens (tertiary/aromatic N) is 1. The fourth-order valence-corrected chi connectivity index (χ4v) is 4.54. The molecule has 0 bridgehead atoms. The molecular formula is C17H34N2. The lowest BCUT2D eigenvalue weighted by atomic mass is 9.77. The Bertz CT molecular complexity index is 266. The largest absolute Gasteiger partial charge is 0.317 e. The molecule has 5 unspecified atom stereocenters. The van der Waals surface area contributed by atoms with Crippen molar-refractivity contribution in [2.75, 3.05) is 20.6 Å². The van der Waals surface area contributed by atoms with Gasteiger partial charge in [0, 0.05) is 18.6 Å². The summed E-state index contributed by atoms with van der Waals surface area (Å²) in [5.74, 6) is 2.67. The van der Waals surface area contributed by atoms with Crippen molar-refractivity contribution in [1.29, 1.82) is 0 Å². The number of nitrogens with one attached hydrogen (secondary N) is 1. The molecule has 19 heavy (non-hydrogen) atoms. The molecule has 2 aliphatic carbocycles. The van der Waals surface area contributed by atoms with Crippen molar-refractivity contribution in [3.05, 3.63) is 0 Å². The van der Waals surface area contributed by atoms with Crippen molar-refractivity contribution in [3.63, 3.8) is 0 Å². The van der Waals surface area contributed by atoms with E-state index in [9.17, 15) is 0 Å². The molecule has 0 heterocycles. The molecule has 0 aliphatic heterocycles. The highest BCUT2D eigenvalue weighted by Gasteiger charge is 2.31. The third-order valence-corrected chi connectivity index (χ3v) is 5.77. The van der Waals surface area contributed by atoms with Crippen LogP contribution in [0.3, 0.4) is 0 Å². The average Bonchev–Trinajstić information content (AvgIpc) is 2.39. The van der Waals surface area contributed by atoms with Crippen LogP contribution in [0.4, 0.5) is 0 Å².